The molecule has 0 spiro atoms. The van der Waals surface area contributed by atoms with Gasteiger partial charge < -0.3 is 14.6 Å². The fourth-order valence-corrected chi connectivity index (χ4v) is 3.31. The van der Waals surface area contributed by atoms with Crippen molar-refractivity contribution in [3.8, 4) is 11.5 Å². The second-order valence-electron chi connectivity index (χ2n) is 4.15. The van der Waals surface area contributed by atoms with Gasteiger partial charge in [0.15, 0.2) is 11.5 Å². The van der Waals surface area contributed by atoms with Crippen LogP contribution in [0.5, 0.6) is 11.5 Å². The number of nitrogens with zero attached hydrogens (tertiary/aromatic N) is 1. The second kappa shape index (κ2) is 4.95. The fraction of sp³-hybridized carbons (Fsp3) is 0.417. The Kier molecular flexibility index (Phi) is 3.70. The van der Waals surface area contributed by atoms with Gasteiger partial charge in [-0.25, -0.2) is 0 Å². The first-order valence-electron chi connectivity index (χ1n) is 5.41. The van der Waals surface area contributed by atoms with E-state index in [1.165, 1.54) is 11.8 Å². The van der Waals surface area contributed by atoms with Crippen LogP contribution < -0.4 is 14.4 Å². The first-order valence-corrected chi connectivity index (χ1v) is 6.80. The van der Waals surface area contributed by atoms with Gasteiger partial charge in [0.05, 0.1) is 14.2 Å². The lowest BCUT2D eigenvalue weighted by Crippen LogP contribution is -2.44. The molecule has 1 unspecified atom stereocenters. The normalized spacial score (nSPS) is 23.3. The molecule has 1 N–H and O–H groups in total. The highest BCUT2D eigenvalue weighted by atomic mass is 32.2. The number of thioether (sulfide) groups is 1. The van der Waals surface area contributed by atoms with Crippen molar-refractivity contribution in [1.29, 1.82) is 0 Å². The first kappa shape index (κ1) is 13.5. The molecule has 0 radical (unpaired) electrons. The standard InChI is InChI=1S/C12H15NO3S2/c1-12(14)7-18-11(17)13(12)8-4-5-9(15-2)10(6-8)16-3/h4-6,14H,7H2,1-3H3. The zero-order valence-electron chi connectivity index (χ0n) is 10.5. The topological polar surface area (TPSA) is 41.9 Å². The third-order valence-corrected chi connectivity index (χ3v) is 4.42. The number of methoxy groups -OCH3 is 2. The van der Waals surface area contributed by atoms with Gasteiger partial charge in [-0.15, -0.1) is 0 Å². The number of hydrogen-bond acceptors (Lipinski definition) is 5. The third kappa shape index (κ3) is 2.28. The van der Waals surface area contributed by atoms with Crippen molar-refractivity contribution in [2.24, 2.45) is 0 Å². The van der Waals surface area contributed by atoms with Crippen LogP contribution in [0.1, 0.15) is 6.92 Å². The summed E-state index contributed by atoms with van der Waals surface area (Å²) >= 11 is 6.73. The minimum absolute atomic E-state index is 0.556. The van der Waals surface area contributed by atoms with Crippen molar-refractivity contribution in [2.75, 3.05) is 24.9 Å². The molecular weight excluding hydrogens is 270 g/mol. The molecule has 0 amide bonds. The number of benzene rings is 1. The van der Waals surface area contributed by atoms with Gasteiger partial charge in [-0.3, -0.25) is 4.90 Å². The van der Waals surface area contributed by atoms with Crippen molar-refractivity contribution < 1.29 is 14.6 Å². The largest absolute Gasteiger partial charge is 0.493 e. The highest BCUT2D eigenvalue weighted by molar-refractivity contribution is 8.23. The van der Waals surface area contributed by atoms with Gasteiger partial charge in [0.1, 0.15) is 10.0 Å². The smallest absolute Gasteiger partial charge is 0.162 e. The SMILES string of the molecule is COc1ccc(N2C(=S)SCC2(C)O)cc1OC. The van der Waals surface area contributed by atoms with Crippen LogP contribution in [0.2, 0.25) is 0 Å². The van der Waals surface area contributed by atoms with E-state index in [0.29, 0.717) is 21.6 Å². The lowest BCUT2D eigenvalue weighted by Gasteiger charge is -2.30. The van der Waals surface area contributed by atoms with E-state index in [9.17, 15) is 5.11 Å². The minimum atomic E-state index is -0.971. The summed E-state index contributed by atoms with van der Waals surface area (Å²) in [7, 11) is 3.17. The van der Waals surface area contributed by atoms with Crippen LogP contribution in [0.15, 0.2) is 18.2 Å². The van der Waals surface area contributed by atoms with Gasteiger partial charge >= 0.3 is 0 Å². The molecule has 1 heterocycles. The van der Waals surface area contributed by atoms with Crippen LogP contribution in [-0.2, 0) is 0 Å². The number of rotatable bonds is 3. The Morgan fingerprint density at radius 3 is 2.50 bits per heavy atom. The van der Waals surface area contributed by atoms with E-state index < -0.39 is 5.72 Å². The molecule has 0 aromatic heterocycles. The summed E-state index contributed by atoms with van der Waals surface area (Å²) < 4.78 is 11.1. The maximum absolute atomic E-state index is 10.3. The Labute approximate surface area is 116 Å². The summed E-state index contributed by atoms with van der Waals surface area (Å²) in [6.45, 7) is 1.75. The average Bonchev–Trinajstić information content (AvgIpc) is 2.62. The Bertz CT molecular complexity index is 476. The zero-order chi connectivity index (χ0) is 13.3. The Balaban J connectivity index is 2.42. The molecule has 2 rings (SSSR count). The molecule has 0 bridgehead atoms. The molecule has 1 aromatic rings. The molecule has 6 heteroatoms. The average molecular weight is 285 g/mol. The van der Waals surface area contributed by atoms with Crippen LogP contribution in [0.3, 0.4) is 0 Å². The van der Waals surface area contributed by atoms with Crippen LogP contribution in [0.4, 0.5) is 5.69 Å². The molecular formula is C12H15NO3S2. The molecule has 1 saturated heterocycles. The van der Waals surface area contributed by atoms with Gasteiger partial charge in [0.2, 0.25) is 0 Å². The number of ether oxygens (including phenoxy) is 2. The summed E-state index contributed by atoms with van der Waals surface area (Å²) in [5.74, 6) is 1.82. The maximum atomic E-state index is 10.3. The monoisotopic (exact) mass is 285 g/mol. The van der Waals surface area contributed by atoms with Crippen molar-refractivity contribution in [1.82, 2.24) is 0 Å². The number of anilines is 1. The predicted molar refractivity (Wildman–Crippen MR) is 77.7 cm³/mol. The highest BCUT2D eigenvalue weighted by Crippen LogP contribution is 2.39. The Morgan fingerprint density at radius 2 is 2.00 bits per heavy atom. The van der Waals surface area contributed by atoms with Crippen molar-refractivity contribution in [2.45, 2.75) is 12.6 Å². The number of aliphatic hydroxyl groups is 1. The molecule has 18 heavy (non-hydrogen) atoms. The molecule has 1 atom stereocenters. The van der Waals surface area contributed by atoms with E-state index in [4.69, 9.17) is 21.7 Å². The van der Waals surface area contributed by atoms with E-state index in [1.54, 1.807) is 32.1 Å². The Hall–Kier alpha value is -0.980. The first-order chi connectivity index (χ1) is 8.49. The molecule has 0 aliphatic carbocycles. The number of hydrogen-bond donors (Lipinski definition) is 1. The van der Waals surface area contributed by atoms with Gasteiger partial charge in [-0.05, 0) is 19.1 Å². The van der Waals surface area contributed by atoms with Crippen LogP contribution >= 0.6 is 24.0 Å². The summed E-state index contributed by atoms with van der Waals surface area (Å²) in [6.07, 6.45) is 0. The molecule has 1 aliphatic heterocycles. The van der Waals surface area contributed by atoms with E-state index in [1.807, 2.05) is 12.1 Å². The van der Waals surface area contributed by atoms with Gasteiger partial charge in [0, 0.05) is 17.5 Å². The van der Waals surface area contributed by atoms with E-state index in [-0.39, 0.29) is 0 Å². The lowest BCUT2D eigenvalue weighted by atomic mass is 10.2. The maximum Gasteiger partial charge on any atom is 0.162 e. The predicted octanol–water partition coefficient (Wildman–Crippen LogP) is 2.25. The molecule has 4 nitrogen and oxygen atoms in total. The zero-order valence-corrected chi connectivity index (χ0v) is 12.1. The molecule has 1 aromatic carbocycles. The van der Waals surface area contributed by atoms with Crippen LogP contribution in [0.25, 0.3) is 0 Å². The molecule has 1 aliphatic rings. The second-order valence-corrected chi connectivity index (χ2v) is 5.76. The number of thiocarbonyl (C=S) groups is 1. The van der Waals surface area contributed by atoms with Gasteiger partial charge in [0.25, 0.3) is 0 Å². The van der Waals surface area contributed by atoms with E-state index in [0.717, 1.165) is 5.69 Å². The van der Waals surface area contributed by atoms with Crippen molar-refractivity contribution in [3.05, 3.63) is 18.2 Å². The Morgan fingerprint density at radius 1 is 1.33 bits per heavy atom. The van der Waals surface area contributed by atoms with Crippen LogP contribution in [-0.4, -0.2) is 35.1 Å². The van der Waals surface area contributed by atoms with Gasteiger partial charge in [-0.2, -0.15) is 0 Å². The fourth-order valence-electron chi connectivity index (χ4n) is 1.87. The molecule has 0 saturated carbocycles. The summed E-state index contributed by atoms with van der Waals surface area (Å²) in [5, 5.41) is 10.3. The third-order valence-electron chi connectivity index (χ3n) is 2.76. The van der Waals surface area contributed by atoms with Crippen molar-refractivity contribution in [3.63, 3.8) is 0 Å². The van der Waals surface area contributed by atoms with Crippen molar-refractivity contribution >= 4 is 34.0 Å². The quantitative estimate of drug-likeness (QED) is 0.859. The minimum Gasteiger partial charge on any atom is -0.493 e. The summed E-state index contributed by atoms with van der Waals surface area (Å²) in [5.41, 5.74) is -0.172. The lowest BCUT2D eigenvalue weighted by molar-refractivity contribution is 0.1000. The summed E-state index contributed by atoms with van der Waals surface area (Å²) in [6, 6.07) is 5.47. The summed E-state index contributed by atoms with van der Waals surface area (Å²) in [4.78, 5) is 1.73. The van der Waals surface area contributed by atoms with Gasteiger partial charge in [-0.1, -0.05) is 24.0 Å². The van der Waals surface area contributed by atoms with Crippen LogP contribution in [0, 0.1) is 0 Å². The molecule has 98 valence electrons. The van der Waals surface area contributed by atoms with E-state index in [2.05, 4.69) is 0 Å². The van der Waals surface area contributed by atoms with E-state index >= 15 is 0 Å². The highest BCUT2D eigenvalue weighted by Gasteiger charge is 2.39. The molecule has 1 fully saturated rings.